The highest BCUT2D eigenvalue weighted by Gasteiger charge is 2.42. The summed E-state index contributed by atoms with van der Waals surface area (Å²) >= 11 is 0. The zero-order valence-corrected chi connectivity index (χ0v) is 12.2. The van der Waals surface area contributed by atoms with Gasteiger partial charge in [-0.1, -0.05) is 25.1 Å². The van der Waals surface area contributed by atoms with Crippen LogP contribution in [0, 0.1) is 11.8 Å². The van der Waals surface area contributed by atoms with Crippen LogP contribution in [0.25, 0.3) is 0 Å². The molecule has 3 heteroatoms. The molecule has 3 nitrogen and oxygen atoms in total. The quantitative estimate of drug-likeness (QED) is 0.801. The highest BCUT2D eigenvalue weighted by atomic mass is 16.2. The molecule has 0 aliphatic heterocycles. The first-order valence-corrected chi connectivity index (χ1v) is 7.89. The zero-order valence-electron chi connectivity index (χ0n) is 12.2. The fraction of sp³-hybridized carbons (Fsp3) is 0.588. The number of carbonyl (C=O) groups is 1. The van der Waals surface area contributed by atoms with Gasteiger partial charge >= 0.3 is 0 Å². The van der Waals surface area contributed by atoms with E-state index in [-0.39, 0.29) is 5.91 Å². The molecule has 0 bridgehead atoms. The number of carbonyl (C=O) groups excluding carboxylic acids is 1. The Morgan fingerprint density at radius 2 is 1.85 bits per heavy atom. The van der Waals surface area contributed by atoms with Gasteiger partial charge < -0.3 is 10.6 Å². The molecule has 2 saturated carbocycles. The number of hydrogen-bond donors (Lipinski definition) is 2. The topological polar surface area (TPSA) is 41.1 Å². The molecule has 2 aliphatic carbocycles. The average Bonchev–Trinajstić information content (AvgIpc) is 3.35. The Morgan fingerprint density at radius 1 is 1.20 bits per heavy atom. The third kappa shape index (κ3) is 3.33. The van der Waals surface area contributed by atoms with Crippen LogP contribution in [0.15, 0.2) is 24.3 Å². The van der Waals surface area contributed by atoms with Gasteiger partial charge in [0.2, 0.25) is 5.91 Å². The molecule has 0 unspecified atom stereocenters. The van der Waals surface area contributed by atoms with Gasteiger partial charge in [-0.3, -0.25) is 4.79 Å². The van der Waals surface area contributed by atoms with Crippen LogP contribution in [0.2, 0.25) is 0 Å². The van der Waals surface area contributed by atoms with Crippen molar-refractivity contribution >= 4 is 11.6 Å². The van der Waals surface area contributed by atoms with Crippen molar-refractivity contribution in [2.45, 2.75) is 45.1 Å². The average molecular weight is 272 g/mol. The van der Waals surface area contributed by atoms with E-state index in [4.69, 9.17) is 0 Å². The summed E-state index contributed by atoms with van der Waals surface area (Å²) in [7, 11) is 0. The molecule has 1 aromatic carbocycles. The minimum Gasteiger partial charge on any atom is -0.376 e. The molecule has 0 radical (unpaired) electrons. The van der Waals surface area contributed by atoms with Gasteiger partial charge in [-0.25, -0.2) is 0 Å². The minimum atomic E-state index is 0.139. The van der Waals surface area contributed by atoms with E-state index < -0.39 is 0 Å². The highest BCUT2D eigenvalue weighted by Crippen LogP contribution is 2.44. The summed E-state index contributed by atoms with van der Waals surface area (Å²) in [5, 5.41) is 6.52. The molecule has 0 saturated heterocycles. The van der Waals surface area contributed by atoms with Crippen molar-refractivity contribution in [3.05, 3.63) is 29.8 Å². The lowest BCUT2D eigenvalue weighted by atomic mass is 10.1. The van der Waals surface area contributed by atoms with E-state index in [1.54, 1.807) is 0 Å². The third-order valence-corrected chi connectivity index (χ3v) is 4.43. The molecule has 0 atom stereocenters. The molecule has 2 aliphatic rings. The van der Waals surface area contributed by atoms with Crippen molar-refractivity contribution in [3.8, 4) is 0 Å². The van der Waals surface area contributed by atoms with E-state index in [2.05, 4.69) is 23.6 Å². The molecular formula is C17H24N2O. The second-order valence-corrected chi connectivity index (χ2v) is 6.13. The predicted molar refractivity (Wildman–Crippen MR) is 81.7 cm³/mol. The van der Waals surface area contributed by atoms with Crippen LogP contribution in [0.5, 0.6) is 0 Å². The Morgan fingerprint density at radius 3 is 2.45 bits per heavy atom. The maximum Gasteiger partial charge on any atom is 0.239 e. The van der Waals surface area contributed by atoms with Crippen LogP contribution in [0.3, 0.4) is 0 Å². The Balaban J connectivity index is 1.51. The van der Waals surface area contributed by atoms with Crippen LogP contribution in [0.1, 0.15) is 38.2 Å². The van der Waals surface area contributed by atoms with E-state index in [0.717, 1.165) is 23.9 Å². The summed E-state index contributed by atoms with van der Waals surface area (Å²) in [6, 6.07) is 8.66. The number of aryl methyl sites for hydroxylation is 1. The van der Waals surface area contributed by atoms with Gasteiger partial charge in [0.25, 0.3) is 0 Å². The smallest absolute Gasteiger partial charge is 0.239 e. The van der Waals surface area contributed by atoms with E-state index in [1.807, 2.05) is 18.2 Å². The van der Waals surface area contributed by atoms with Crippen molar-refractivity contribution in [2.75, 3.05) is 11.9 Å². The highest BCUT2D eigenvalue weighted by molar-refractivity contribution is 5.81. The summed E-state index contributed by atoms with van der Waals surface area (Å²) in [5.74, 6) is 1.66. The van der Waals surface area contributed by atoms with Gasteiger partial charge in [-0.15, -0.1) is 0 Å². The van der Waals surface area contributed by atoms with Crippen molar-refractivity contribution in [3.63, 3.8) is 0 Å². The number of rotatable bonds is 7. The molecule has 2 N–H and O–H groups in total. The first-order valence-electron chi connectivity index (χ1n) is 7.89. The monoisotopic (exact) mass is 272 g/mol. The third-order valence-electron chi connectivity index (χ3n) is 4.43. The van der Waals surface area contributed by atoms with Gasteiger partial charge in [-0.2, -0.15) is 0 Å². The van der Waals surface area contributed by atoms with Crippen LogP contribution < -0.4 is 10.6 Å². The van der Waals surface area contributed by atoms with Crippen molar-refractivity contribution in [1.82, 2.24) is 5.32 Å². The molecule has 108 valence electrons. The molecule has 3 rings (SSSR count). The standard InChI is InChI=1S/C17H24N2O/c1-2-12-5-3-4-6-15(12)18-11-16(20)19-17(13-7-8-13)14-9-10-14/h3-6,13-14,17-18H,2,7-11H2,1H3,(H,19,20). The number of nitrogens with one attached hydrogen (secondary N) is 2. The lowest BCUT2D eigenvalue weighted by Gasteiger charge is -2.18. The second kappa shape index (κ2) is 5.86. The number of para-hydroxylation sites is 1. The maximum atomic E-state index is 12.1. The lowest BCUT2D eigenvalue weighted by Crippen LogP contribution is -2.41. The van der Waals surface area contributed by atoms with E-state index in [9.17, 15) is 4.79 Å². The van der Waals surface area contributed by atoms with E-state index in [1.165, 1.54) is 31.2 Å². The predicted octanol–water partition coefficient (Wildman–Crippen LogP) is 2.97. The summed E-state index contributed by atoms with van der Waals surface area (Å²) in [6.07, 6.45) is 6.18. The zero-order chi connectivity index (χ0) is 13.9. The van der Waals surface area contributed by atoms with Crippen molar-refractivity contribution < 1.29 is 4.79 Å². The lowest BCUT2D eigenvalue weighted by molar-refractivity contribution is -0.120. The molecule has 0 spiro atoms. The first kappa shape index (κ1) is 13.5. The van der Waals surface area contributed by atoms with Gasteiger partial charge in [0, 0.05) is 11.7 Å². The fourth-order valence-electron chi connectivity index (χ4n) is 2.94. The number of anilines is 1. The Kier molecular flexibility index (Phi) is 3.95. The van der Waals surface area contributed by atoms with E-state index in [0.29, 0.717) is 12.6 Å². The van der Waals surface area contributed by atoms with E-state index >= 15 is 0 Å². The molecule has 1 aromatic rings. The van der Waals surface area contributed by atoms with Gasteiger partial charge in [0.15, 0.2) is 0 Å². The molecule has 1 amide bonds. The number of hydrogen-bond acceptors (Lipinski definition) is 2. The molecule has 20 heavy (non-hydrogen) atoms. The summed E-state index contributed by atoms with van der Waals surface area (Å²) in [6.45, 7) is 2.52. The number of benzene rings is 1. The fourth-order valence-corrected chi connectivity index (χ4v) is 2.94. The normalized spacial score (nSPS) is 18.1. The van der Waals surface area contributed by atoms with Crippen LogP contribution in [-0.4, -0.2) is 18.5 Å². The van der Waals surface area contributed by atoms with Crippen LogP contribution >= 0.6 is 0 Å². The summed E-state index contributed by atoms with van der Waals surface area (Å²) in [5.41, 5.74) is 2.35. The minimum absolute atomic E-state index is 0.139. The Labute approximate surface area is 121 Å². The largest absolute Gasteiger partial charge is 0.376 e. The summed E-state index contributed by atoms with van der Waals surface area (Å²) < 4.78 is 0. The van der Waals surface area contributed by atoms with Crippen LogP contribution in [-0.2, 0) is 11.2 Å². The molecule has 0 aromatic heterocycles. The molecule has 0 heterocycles. The van der Waals surface area contributed by atoms with Gasteiger partial charge in [0.1, 0.15) is 0 Å². The van der Waals surface area contributed by atoms with Gasteiger partial charge in [-0.05, 0) is 55.6 Å². The number of amides is 1. The maximum absolute atomic E-state index is 12.1. The SMILES string of the molecule is CCc1ccccc1NCC(=O)NC(C1CC1)C1CC1. The first-order chi connectivity index (χ1) is 9.78. The van der Waals surface area contributed by atoms with Crippen molar-refractivity contribution in [2.24, 2.45) is 11.8 Å². The van der Waals surface area contributed by atoms with Crippen LogP contribution in [0.4, 0.5) is 5.69 Å². The Hall–Kier alpha value is -1.51. The summed E-state index contributed by atoms with van der Waals surface area (Å²) in [4.78, 5) is 12.1. The molecule has 2 fully saturated rings. The molecular weight excluding hydrogens is 248 g/mol. The van der Waals surface area contributed by atoms with Gasteiger partial charge in [0.05, 0.1) is 6.54 Å². The second-order valence-electron chi connectivity index (χ2n) is 6.13. The Bertz CT molecular complexity index is 466. The van der Waals surface area contributed by atoms with Crippen molar-refractivity contribution in [1.29, 1.82) is 0 Å².